The van der Waals surface area contributed by atoms with Crippen LogP contribution in [-0.2, 0) is 24.3 Å². The number of carbonyl (C=O) groups is 2. The molecule has 3 aromatic rings. The highest BCUT2D eigenvalue weighted by molar-refractivity contribution is 7.92. The van der Waals surface area contributed by atoms with Gasteiger partial charge in [0.15, 0.2) is 6.61 Å². The fourth-order valence-corrected chi connectivity index (χ4v) is 5.65. The molecule has 0 aromatic heterocycles. The maximum atomic E-state index is 13.3. The Kier molecular flexibility index (Phi) is 10.1. The van der Waals surface area contributed by atoms with E-state index in [0.717, 1.165) is 23.8 Å². The maximum Gasteiger partial charge on any atom is 0.264 e. The molecule has 1 aliphatic heterocycles. The van der Waals surface area contributed by atoms with Gasteiger partial charge in [0.05, 0.1) is 27.9 Å². The van der Waals surface area contributed by atoms with E-state index in [9.17, 15) is 18.0 Å². The largest absolute Gasteiger partial charge is 0.484 e. The van der Waals surface area contributed by atoms with Crippen molar-refractivity contribution in [2.75, 3.05) is 30.6 Å². The minimum absolute atomic E-state index is 0.0221. The predicted octanol–water partition coefficient (Wildman–Crippen LogP) is 3.36. The molecule has 0 aliphatic carbocycles. The second-order valence-electron chi connectivity index (χ2n) is 8.87. The fraction of sp³-hybridized carbons (Fsp3) is 0.250. The Labute approximate surface area is 238 Å². The first-order chi connectivity index (χ1) is 19.3. The van der Waals surface area contributed by atoms with E-state index in [-0.39, 0.29) is 34.2 Å². The van der Waals surface area contributed by atoms with E-state index in [1.54, 1.807) is 60.7 Å². The van der Waals surface area contributed by atoms with Crippen LogP contribution in [-0.4, -0.2) is 58.9 Å². The molecule has 1 aliphatic rings. The summed E-state index contributed by atoms with van der Waals surface area (Å²) in [6, 6.07) is 20.9. The molecular formula is C28H29ClN4O6S. The van der Waals surface area contributed by atoms with Crippen molar-refractivity contribution >= 4 is 45.3 Å². The van der Waals surface area contributed by atoms with Crippen LogP contribution in [0.1, 0.15) is 18.4 Å². The third kappa shape index (κ3) is 8.04. The number of nitrogens with zero attached hydrogens (tertiary/aromatic N) is 2. The molecule has 0 spiro atoms. The van der Waals surface area contributed by atoms with E-state index in [0.29, 0.717) is 17.9 Å². The van der Waals surface area contributed by atoms with Crippen molar-refractivity contribution in [3.8, 4) is 5.75 Å². The summed E-state index contributed by atoms with van der Waals surface area (Å²) in [5.74, 6) is -0.399. The maximum absolute atomic E-state index is 13.3. The van der Waals surface area contributed by atoms with Crippen molar-refractivity contribution in [2.24, 2.45) is 5.10 Å². The second kappa shape index (κ2) is 13.9. The molecule has 0 bridgehead atoms. The lowest BCUT2D eigenvalue weighted by molar-refractivity contribution is -0.123. The number of sulfonamides is 1. The first kappa shape index (κ1) is 29.1. The number of hydrogen-bond acceptors (Lipinski definition) is 7. The van der Waals surface area contributed by atoms with Crippen molar-refractivity contribution < 1.29 is 27.5 Å². The standard InChI is InChI=1S/C28H29ClN4O6S/c29-25-10-4-5-11-26(25)33(40(36,37)24-8-2-1-3-9-24)19-27(34)32-31-17-21-12-14-22(15-13-21)39-20-28(35)30-18-23-7-6-16-38-23/h1-5,8-15,17,23H,6-7,16,18-20H2,(H,30,35)(H,32,34)/b31-17-/t23-/m1/s1. The van der Waals surface area contributed by atoms with Gasteiger partial charge in [-0.05, 0) is 66.9 Å². The Balaban J connectivity index is 1.32. The van der Waals surface area contributed by atoms with Crippen LogP contribution in [0, 0.1) is 0 Å². The van der Waals surface area contributed by atoms with Gasteiger partial charge in [0.1, 0.15) is 12.3 Å². The van der Waals surface area contributed by atoms with Crippen molar-refractivity contribution in [1.29, 1.82) is 0 Å². The van der Waals surface area contributed by atoms with Crippen LogP contribution >= 0.6 is 11.6 Å². The number of rotatable bonds is 12. The van der Waals surface area contributed by atoms with Gasteiger partial charge < -0.3 is 14.8 Å². The molecule has 12 heteroatoms. The summed E-state index contributed by atoms with van der Waals surface area (Å²) in [7, 11) is -4.09. The second-order valence-corrected chi connectivity index (χ2v) is 11.1. The SMILES string of the molecule is O=C(COc1ccc(/C=N\NC(=O)CN(c2ccccc2Cl)S(=O)(=O)c2ccccc2)cc1)NC[C@H]1CCCO1. The van der Waals surface area contributed by atoms with Gasteiger partial charge >= 0.3 is 0 Å². The highest BCUT2D eigenvalue weighted by Gasteiger charge is 2.28. The highest BCUT2D eigenvalue weighted by atomic mass is 35.5. The third-order valence-corrected chi connectivity index (χ3v) is 8.04. The van der Waals surface area contributed by atoms with Crippen LogP contribution in [0.2, 0.25) is 5.02 Å². The predicted molar refractivity (Wildman–Crippen MR) is 152 cm³/mol. The van der Waals surface area contributed by atoms with Crippen molar-refractivity contribution in [1.82, 2.24) is 10.7 Å². The van der Waals surface area contributed by atoms with Crippen molar-refractivity contribution in [2.45, 2.75) is 23.8 Å². The van der Waals surface area contributed by atoms with Crippen molar-refractivity contribution in [3.05, 3.63) is 89.4 Å². The molecule has 1 heterocycles. The number of carbonyl (C=O) groups excluding carboxylic acids is 2. The summed E-state index contributed by atoms with van der Waals surface area (Å²) in [5.41, 5.74) is 3.17. The summed E-state index contributed by atoms with van der Waals surface area (Å²) in [6.45, 7) is 0.537. The van der Waals surface area contributed by atoms with Gasteiger partial charge in [0.25, 0.3) is 21.8 Å². The van der Waals surface area contributed by atoms with Gasteiger partial charge in [-0.3, -0.25) is 13.9 Å². The summed E-state index contributed by atoms with van der Waals surface area (Å²) in [4.78, 5) is 24.7. The van der Waals surface area contributed by atoms with Crippen molar-refractivity contribution in [3.63, 3.8) is 0 Å². The fourth-order valence-electron chi connectivity index (χ4n) is 3.90. The normalized spacial score (nSPS) is 15.1. The van der Waals surface area contributed by atoms with Gasteiger partial charge in [0.2, 0.25) is 0 Å². The molecule has 1 fully saturated rings. The molecule has 0 radical (unpaired) electrons. The number of anilines is 1. The average Bonchev–Trinajstić information content (AvgIpc) is 3.49. The monoisotopic (exact) mass is 584 g/mol. The summed E-state index contributed by atoms with van der Waals surface area (Å²) >= 11 is 6.27. The number of ether oxygens (including phenoxy) is 2. The Morgan fingerprint density at radius 3 is 2.45 bits per heavy atom. The molecule has 4 rings (SSSR count). The summed E-state index contributed by atoms with van der Waals surface area (Å²) in [5, 5.41) is 6.91. The van der Waals surface area contributed by atoms with E-state index in [1.807, 2.05) is 0 Å². The van der Waals surface area contributed by atoms with E-state index >= 15 is 0 Å². The number of hydrogen-bond donors (Lipinski definition) is 2. The number of hydrazone groups is 1. The van der Waals surface area contributed by atoms with Crippen LogP contribution in [0.3, 0.4) is 0 Å². The molecule has 2 N–H and O–H groups in total. The van der Waals surface area contributed by atoms with Crippen LogP contribution in [0.4, 0.5) is 5.69 Å². The van der Waals surface area contributed by atoms with Crippen LogP contribution in [0.5, 0.6) is 5.75 Å². The van der Waals surface area contributed by atoms with Crippen LogP contribution in [0.25, 0.3) is 0 Å². The molecule has 210 valence electrons. The average molecular weight is 585 g/mol. The number of amides is 2. The van der Waals surface area contributed by atoms with Gasteiger partial charge in [-0.2, -0.15) is 5.10 Å². The van der Waals surface area contributed by atoms with E-state index in [2.05, 4.69) is 15.8 Å². The van der Waals surface area contributed by atoms with Gasteiger partial charge in [-0.25, -0.2) is 13.8 Å². The molecule has 0 saturated carbocycles. The molecule has 1 saturated heterocycles. The lowest BCUT2D eigenvalue weighted by Crippen LogP contribution is -2.39. The lowest BCUT2D eigenvalue weighted by atomic mass is 10.2. The quantitative estimate of drug-likeness (QED) is 0.248. The van der Waals surface area contributed by atoms with E-state index < -0.39 is 22.5 Å². The zero-order valence-electron chi connectivity index (χ0n) is 21.5. The Bertz CT molecular complexity index is 1430. The third-order valence-electron chi connectivity index (χ3n) is 5.94. The van der Waals surface area contributed by atoms with Crippen LogP contribution < -0.4 is 19.8 Å². The smallest absolute Gasteiger partial charge is 0.264 e. The topological polar surface area (TPSA) is 126 Å². The first-order valence-corrected chi connectivity index (χ1v) is 14.4. The molecular weight excluding hydrogens is 556 g/mol. The first-order valence-electron chi connectivity index (χ1n) is 12.6. The summed E-state index contributed by atoms with van der Waals surface area (Å²) < 4.78 is 38.6. The summed E-state index contributed by atoms with van der Waals surface area (Å²) in [6.07, 6.45) is 3.42. The lowest BCUT2D eigenvalue weighted by Gasteiger charge is -2.24. The molecule has 1 atom stereocenters. The Hall–Kier alpha value is -3.93. The zero-order valence-corrected chi connectivity index (χ0v) is 23.1. The Morgan fingerprint density at radius 2 is 1.75 bits per heavy atom. The number of para-hydroxylation sites is 1. The van der Waals surface area contributed by atoms with E-state index in [1.165, 1.54) is 24.4 Å². The van der Waals surface area contributed by atoms with Gasteiger partial charge in [0, 0.05) is 13.2 Å². The van der Waals surface area contributed by atoms with E-state index in [4.69, 9.17) is 21.1 Å². The number of nitrogens with one attached hydrogen (secondary N) is 2. The van der Waals surface area contributed by atoms with Crippen LogP contribution in [0.15, 0.2) is 88.9 Å². The molecule has 10 nitrogen and oxygen atoms in total. The molecule has 40 heavy (non-hydrogen) atoms. The highest BCUT2D eigenvalue weighted by Crippen LogP contribution is 2.30. The number of benzene rings is 3. The minimum Gasteiger partial charge on any atom is -0.484 e. The van der Waals surface area contributed by atoms with Gasteiger partial charge in [-0.15, -0.1) is 0 Å². The molecule has 3 aromatic carbocycles. The van der Waals surface area contributed by atoms with Gasteiger partial charge in [-0.1, -0.05) is 41.9 Å². The Morgan fingerprint density at radius 1 is 1.02 bits per heavy atom. The molecule has 2 amide bonds. The molecule has 0 unspecified atom stereocenters. The number of halogens is 1. The minimum atomic E-state index is -4.09. The zero-order chi connectivity index (χ0) is 28.4.